The number of ketones is 1. The molecule has 1 atom stereocenters. The maximum atomic E-state index is 14.0. The van der Waals surface area contributed by atoms with Crippen molar-refractivity contribution in [1.82, 2.24) is 9.55 Å². The Hall–Kier alpha value is -2.06. The highest BCUT2D eigenvalue weighted by Crippen LogP contribution is 2.36. The van der Waals surface area contributed by atoms with Crippen molar-refractivity contribution in [3.05, 3.63) is 56.2 Å². The Morgan fingerprint density at radius 2 is 2.14 bits per heavy atom. The van der Waals surface area contributed by atoms with Gasteiger partial charge in [0.1, 0.15) is 16.5 Å². The molecule has 0 saturated carbocycles. The molecular weight excluding hydrogens is 414 g/mol. The van der Waals surface area contributed by atoms with Gasteiger partial charge in [0, 0.05) is 17.5 Å². The number of benzene rings is 1. The molecule has 2 heterocycles. The molecule has 1 aliphatic carbocycles. The van der Waals surface area contributed by atoms with Crippen LogP contribution in [0.4, 0.5) is 8.78 Å². The SMILES string of the molecule is CCCn1c(SC(C)C(=O)c2ccc(F)cc2F)nc2sc3c(c2c1=O)CCC3. The largest absolute Gasteiger partial charge is 0.293 e. The molecule has 8 heteroatoms. The summed E-state index contributed by atoms with van der Waals surface area (Å²) in [6.07, 6.45) is 3.70. The van der Waals surface area contributed by atoms with E-state index < -0.39 is 22.7 Å². The maximum Gasteiger partial charge on any atom is 0.263 e. The van der Waals surface area contributed by atoms with Gasteiger partial charge in [-0.05, 0) is 50.3 Å². The minimum atomic E-state index is -0.883. The lowest BCUT2D eigenvalue weighted by molar-refractivity contribution is 0.0990. The second-order valence-corrected chi connectivity index (χ2v) is 9.53. The number of aryl methyl sites for hydroxylation is 2. The Morgan fingerprint density at radius 3 is 2.86 bits per heavy atom. The fourth-order valence-electron chi connectivity index (χ4n) is 3.69. The van der Waals surface area contributed by atoms with E-state index in [1.54, 1.807) is 22.8 Å². The van der Waals surface area contributed by atoms with Crippen LogP contribution in [0.25, 0.3) is 10.2 Å². The zero-order valence-electron chi connectivity index (χ0n) is 16.1. The number of carbonyl (C=O) groups excluding carboxylic acids is 1. The predicted molar refractivity (Wildman–Crippen MR) is 112 cm³/mol. The lowest BCUT2D eigenvalue weighted by Gasteiger charge is -2.15. The summed E-state index contributed by atoms with van der Waals surface area (Å²) in [6.45, 7) is 4.13. The molecule has 1 aliphatic rings. The van der Waals surface area contributed by atoms with E-state index in [4.69, 9.17) is 4.98 Å². The molecule has 0 fully saturated rings. The lowest BCUT2D eigenvalue weighted by Crippen LogP contribution is -2.25. The molecule has 4 rings (SSSR count). The quantitative estimate of drug-likeness (QED) is 0.311. The number of thiophene rings is 1. The van der Waals surface area contributed by atoms with Crippen LogP contribution in [0.5, 0.6) is 0 Å². The van der Waals surface area contributed by atoms with Gasteiger partial charge in [-0.15, -0.1) is 11.3 Å². The third-order valence-corrected chi connectivity index (χ3v) is 7.36. The van der Waals surface area contributed by atoms with Crippen molar-refractivity contribution in [1.29, 1.82) is 0 Å². The van der Waals surface area contributed by atoms with Crippen molar-refractivity contribution >= 4 is 39.1 Å². The second-order valence-electron chi connectivity index (χ2n) is 7.14. The summed E-state index contributed by atoms with van der Waals surface area (Å²) in [5, 5.41) is 0.505. The number of thioether (sulfide) groups is 1. The van der Waals surface area contributed by atoms with Gasteiger partial charge in [-0.25, -0.2) is 13.8 Å². The third kappa shape index (κ3) is 3.64. The number of rotatable bonds is 6. The van der Waals surface area contributed by atoms with Crippen LogP contribution >= 0.6 is 23.1 Å². The number of aromatic nitrogens is 2. The van der Waals surface area contributed by atoms with Crippen molar-refractivity contribution in [3.63, 3.8) is 0 Å². The van der Waals surface area contributed by atoms with Crippen molar-refractivity contribution in [3.8, 4) is 0 Å². The Labute approximate surface area is 175 Å². The molecule has 152 valence electrons. The monoisotopic (exact) mass is 434 g/mol. The van der Waals surface area contributed by atoms with E-state index in [1.807, 2.05) is 6.92 Å². The normalized spacial score (nSPS) is 14.3. The number of nitrogens with zero attached hydrogens (tertiary/aromatic N) is 2. The summed E-state index contributed by atoms with van der Waals surface area (Å²) in [7, 11) is 0. The number of hydrogen-bond donors (Lipinski definition) is 0. The summed E-state index contributed by atoms with van der Waals surface area (Å²) < 4.78 is 28.8. The number of hydrogen-bond acceptors (Lipinski definition) is 5. The van der Waals surface area contributed by atoms with Crippen molar-refractivity contribution in [2.24, 2.45) is 0 Å². The fourth-order valence-corrected chi connectivity index (χ4v) is 5.99. The molecule has 0 N–H and O–H groups in total. The Kier molecular flexibility index (Phi) is 5.57. The molecule has 1 aromatic carbocycles. The highest BCUT2D eigenvalue weighted by molar-refractivity contribution is 8.00. The summed E-state index contributed by atoms with van der Waals surface area (Å²) in [5.74, 6) is -2.07. The van der Waals surface area contributed by atoms with Crippen LogP contribution in [0.1, 0.15) is 47.5 Å². The number of Topliss-reactive ketones (excluding diaryl/α,β-unsaturated/α-hetero) is 1. The van der Waals surface area contributed by atoms with Gasteiger partial charge in [-0.2, -0.15) is 0 Å². The average Bonchev–Trinajstić information content (AvgIpc) is 3.25. The van der Waals surface area contributed by atoms with Gasteiger partial charge in [-0.1, -0.05) is 18.7 Å². The van der Waals surface area contributed by atoms with E-state index in [0.29, 0.717) is 28.0 Å². The molecule has 0 bridgehead atoms. The number of fused-ring (bicyclic) bond motifs is 3. The topological polar surface area (TPSA) is 52.0 Å². The van der Waals surface area contributed by atoms with Crippen LogP contribution in [0.15, 0.2) is 28.2 Å². The van der Waals surface area contributed by atoms with Crippen molar-refractivity contribution < 1.29 is 13.6 Å². The third-order valence-electron chi connectivity index (χ3n) is 5.09. The minimum Gasteiger partial charge on any atom is -0.293 e. The molecule has 29 heavy (non-hydrogen) atoms. The van der Waals surface area contributed by atoms with Crippen LogP contribution in [0.2, 0.25) is 0 Å². The van der Waals surface area contributed by atoms with E-state index >= 15 is 0 Å². The van der Waals surface area contributed by atoms with E-state index in [9.17, 15) is 18.4 Å². The summed E-state index contributed by atoms with van der Waals surface area (Å²) >= 11 is 2.70. The van der Waals surface area contributed by atoms with Crippen LogP contribution < -0.4 is 5.56 Å². The fraction of sp³-hybridized carbons (Fsp3) is 0.381. The van der Waals surface area contributed by atoms with E-state index in [-0.39, 0.29) is 11.1 Å². The summed E-state index contributed by atoms with van der Waals surface area (Å²) in [5.41, 5.74) is 0.903. The van der Waals surface area contributed by atoms with Crippen molar-refractivity contribution in [2.45, 2.75) is 56.5 Å². The molecule has 1 unspecified atom stereocenters. The molecule has 0 saturated heterocycles. The molecule has 2 aromatic heterocycles. The zero-order valence-corrected chi connectivity index (χ0v) is 17.8. The van der Waals surface area contributed by atoms with Crippen LogP contribution in [0.3, 0.4) is 0 Å². The average molecular weight is 435 g/mol. The first-order valence-corrected chi connectivity index (χ1v) is 11.3. The predicted octanol–water partition coefficient (Wildman–Crippen LogP) is 5.00. The Morgan fingerprint density at radius 1 is 1.34 bits per heavy atom. The van der Waals surface area contributed by atoms with Gasteiger partial charge in [0.2, 0.25) is 0 Å². The lowest BCUT2D eigenvalue weighted by atomic mass is 10.1. The summed E-state index contributed by atoms with van der Waals surface area (Å²) in [6, 6.07) is 2.93. The smallest absolute Gasteiger partial charge is 0.263 e. The highest BCUT2D eigenvalue weighted by atomic mass is 32.2. The van der Waals surface area contributed by atoms with Crippen LogP contribution in [0, 0.1) is 11.6 Å². The molecule has 4 nitrogen and oxygen atoms in total. The van der Waals surface area contributed by atoms with Gasteiger partial charge >= 0.3 is 0 Å². The van der Waals surface area contributed by atoms with E-state index in [1.165, 1.54) is 4.88 Å². The van der Waals surface area contributed by atoms with Crippen molar-refractivity contribution in [2.75, 3.05) is 0 Å². The molecule has 0 amide bonds. The first kappa shape index (κ1) is 20.2. The van der Waals surface area contributed by atoms with Gasteiger partial charge in [0.15, 0.2) is 10.9 Å². The highest BCUT2D eigenvalue weighted by Gasteiger charge is 2.26. The molecule has 0 spiro atoms. The Bertz CT molecular complexity index is 1170. The second kappa shape index (κ2) is 7.99. The van der Waals surface area contributed by atoms with Gasteiger partial charge < -0.3 is 0 Å². The standard InChI is InChI=1S/C21H20F2N2O2S2/c1-3-9-25-20(27)17-14-5-4-6-16(14)29-19(17)24-21(25)28-11(2)18(26)13-8-7-12(22)10-15(13)23/h7-8,10-11H,3-6,9H2,1-2H3. The van der Waals surface area contributed by atoms with Gasteiger partial charge in [0.25, 0.3) is 5.56 Å². The maximum absolute atomic E-state index is 14.0. The number of halogens is 2. The summed E-state index contributed by atoms with van der Waals surface area (Å²) in [4.78, 5) is 32.6. The van der Waals surface area contributed by atoms with Crippen LogP contribution in [-0.2, 0) is 19.4 Å². The molecule has 3 aromatic rings. The van der Waals surface area contributed by atoms with Gasteiger partial charge in [0.05, 0.1) is 16.2 Å². The number of carbonyl (C=O) groups is 1. The van der Waals surface area contributed by atoms with E-state index in [2.05, 4.69) is 0 Å². The van der Waals surface area contributed by atoms with E-state index in [0.717, 1.165) is 55.1 Å². The Balaban J connectivity index is 1.72. The van der Waals surface area contributed by atoms with Crippen LogP contribution in [-0.4, -0.2) is 20.6 Å². The zero-order chi connectivity index (χ0) is 20.7. The minimum absolute atomic E-state index is 0.0636. The first-order valence-electron chi connectivity index (χ1n) is 9.61. The molecular formula is C21H20F2N2O2S2. The molecule has 0 radical (unpaired) electrons. The molecule has 0 aliphatic heterocycles. The van der Waals surface area contributed by atoms with Gasteiger partial charge in [-0.3, -0.25) is 14.2 Å². The first-order chi connectivity index (χ1) is 13.9.